The number of nitrogens with two attached hydrogens (primary N) is 1. The largest absolute Gasteiger partial charge is 0.469 e. The van der Waals surface area contributed by atoms with Crippen molar-refractivity contribution < 1.29 is 9.73 Å². The Hall–Kier alpha value is -0.760. The van der Waals surface area contributed by atoms with Crippen molar-refractivity contribution in [2.24, 2.45) is 0 Å². The summed E-state index contributed by atoms with van der Waals surface area (Å²) in [4.78, 5) is 0. The fourth-order valence-electron chi connectivity index (χ4n) is 0.991. The Morgan fingerprint density at radius 1 is 1.64 bits per heavy atom. The Kier molecular flexibility index (Phi) is 3.17. The predicted molar refractivity (Wildman–Crippen MR) is 44.3 cm³/mol. The standard InChI is InChI=1S/C9H15NO/c1-8(10-2)5-6-9-4-3-7-11-9/h3-4,7-8,10H,5-6H2,1-2H3/p+1/t8-/m1/s1. The van der Waals surface area contributed by atoms with Crippen LogP contribution in [-0.4, -0.2) is 13.1 Å². The zero-order valence-corrected chi connectivity index (χ0v) is 7.21. The van der Waals surface area contributed by atoms with Gasteiger partial charge in [0.15, 0.2) is 0 Å². The van der Waals surface area contributed by atoms with Gasteiger partial charge in [0, 0.05) is 12.8 Å². The molecule has 0 unspecified atom stereocenters. The van der Waals surface area contributed by atoms with E-state index >= 15 is 0 Å². The van der Waals surface area contributed by atoms with Crippen LogP contribution in [0.3, 0.4) is 0 Å². The van der Waals surface area contributed by atoms with Crippen LogP contribution in [0.5, 0.6) is 0 Å². The fraction of sp³-hybridized carbons (Fsp3) is 0.556. The Morgan fingerprint density at radius 2 is 2.45 bits per heavy atom. The molecule has 11 heavy (non-hydrogen) atoms. The number of hydrogen-bond acceptors (Lipinski definition) is 1. The van der Waals surface area contributed by atoms with Gasteiger partial charge in [0.25, 0.3) is 0 Å². The molecule has 2 heteroatoms. The van der Waals surface area contributed by atoms with Crippen molar-refractivity contribution in [3.63, 3.8) is 0 Å². The second-order valence-corrected chi connectivity index (χ2v) is 2.93. The summed E-state index contributed by atoms with van der Waals surface area (Å²) in [6, 6.07) is 4.66. The van der Waals surface area contributed by atoms with E-state index in [1.165, 1.54) is 6.42 Å². The molecule has 0 bridgehead atoms. The molecule has 1 rings (SSSR count). The molecule has 0 aromatic carbocycles. The monoisotopic (exact) mass is 154 g/mol. The average molecular weight is 154 g/mol. The van der Waals surface area contributed by atoms with Crippen LogP contribution in [0.25, 0.3) is 0 Å². The van der Waals surface area contributed by atoms with Crippen molar-refractivity contribution in [1.29, 1.82) is 0 Å². The molecule has 1 atom stereocenters. The van der Waals surface area contributed by atoms with Crippen molar-refractivity contribution >= 4 is 0 Å². The summed E-state index contributed by atoms with van der Waals surface area (Å²) in [5.74, 6) is 1.10. The molecule has 0 saturated heterocycles. The van der Waals surface area contributed by atoms with Crippen molar-refractivity contribution in [3.8, 4) is 0 Å². The Morgan fingerprint density at radius 3 is 3.00 bits per heavy atom. The zero-order chi connectivity index (χ0) is 8.10. The lowest BCUT2D eigenvalue weighted by Crippen LogP contribution is -2.85. The number of furan rings is 1. The smallest absolute Gasteiger partial charge is 0.103 e. The van der Waals surface area contributed by atoms with Crippen LogP contribution in [0.2, 0.25) is 0 Å². The normalized spacial score (nSPS) is 13.3. The van der Waals surface area contributed by atoms with Crippen LogP contribution >= 0.6 is 0 Å². The van der Waals surface area contributed by atoms with Crippen LogP contribution in [0, 0.1) is 0 Å². The van der Waals surface area contributed by atoms with Gasteiger partial charge in [-0.25, -0.2) is 0 Å². The van der Waals surface area contributed by atoms with E-state index in [9.17, 15) is 0 Å². The maximum Gasteiger partial charge on any atom is 0.103 e. The molecule has 0 spiro atoms. The first kappa shape index (κ1) is 8.34. The van der Waals surface area contributed by atoms with E-state index in [2.05, 4.69) is 19.3 Å². The predicted octanol–water partition coefficient (Wildman–Crippen LogP) is 0.794. The summed E-state index contributed by atoms with van der Waals surface area (Å²) >= 11 is 0. The van der Waals surface area contributed by atoms with E-state index in [-0.39, 0.29) is 0 Å². The van der Waals surface area contributed by atoms with Gasteiger partial charge in [0.2, 0.25) is 0 Å². The van der Waals surface area contributed by atoms with Gasteiger partial charge in [0.05, 0.1) is 19.4 Å². The number of rotatable bonds is 4. The minimum absolute atomic E-state index is 0.695. The summed E-state index contributed by atoms with van der Waals surface area (Å²) < 4.78 is 5.21. The fourth-order valence-corrected chi connectivity index (χ4v) is 0.991. The van der Waals surface area contributed by atoms with E-state index in [1.807, 2.05) is 12.1 Å². The minimum atomic E-state index is 0.695. The molecule has 0 fully saturated rings. The van der Waals surface area contributed by atoms with Gasteiger partial charge in [-0.2, -0.15) is 0 Å². The quantitative estimate of drug-likeness (QED) is 0.683. The van der Waals surface area contributed by atoms with Crippen LogP contribution in [0.4, 0.5) is 0 Å². The first-order valence-corrected chi connectivity index (χ1v) is 4.15. The van der Waals surface area contributed by atoms with Crippen LogP contribution in [0.1, 0.15) is 19.1 Å². The molecule has 0 amide bonds. The van der Waals surface area contributed by atoms with Crippen molar-refractivity contribution in [2.45, 2.75) is 25.8 Å². The van der Waals surface area contributed by atoms with Gasteiger partial charge in [-0.3, -0.25) is 0 Å². The van der Waals surface area contributed by atoms with Crippen LogP contribution in [-0.2, 0) is 6.42 Å². The van der Waals surface area contributed by atoms with Crippen LogP contribution < -0.4 is 5.32 Å². The molecule has 2 nitrogen and oxygen atoms in total. The summed E-state index contributed by atoms with van der Waals surface area (Å²) in [5.41, 5.74) is 0. The minimum Gasteiger partial charge on any atom is -0.469 e. The second-order valence-electron chi connectivity index (χ2n) is 2.93. The highest BCUT2D eigenvalue weighted by Crippen LogP contribution is 2.03. The van der Waals surface area contributed by atoms with Crippen molar-refractivity contribution in [2.75, 3.05) is 7.05 Å². The lowest BCUT2D eigenvalue weighted by molar-refractivity contribution is -0.660. The van der Waals surface area contributed by atoms with Crippen molar-refractivity contribution in [1.82, 2.24) is 0 Å². The molecule has 1 heterocycles. The van der Waals surface area contributed by atoms with Gasteiger partial charge >= 0.3 is 0 Å². The van der Waals surface area contributed by atoms with Crippen molar-refractivity contribution in [3.05, 3.63) is 24.2 Å². The lowest BCUT2D eigenvalue weighted by atomic mass is 10.1. The number of aryl methyl sites for hydroxylation is 1. The van der Waals surface area contributed by atoms with E-state index < -0.39 is 0 Å². The van der Waals surface area contributed by atoms with E-state index in [0.29, 0.717) is 6.04 Å². The third-order valence-electron chi connectivity index (χ3n) is 2.00. The molecule has 62 valence electrons. The van der Waals surface area contributed by atoms with E-state index in [0.717, 1.165) is 12.2 Å². The molecule has 0 radical (unpaired) electrons. The molecule has 0 aliphatic heterocycles. The van der Waals surface area contributed by atoms with E-state index in [1.54, 1.807) is 6.26 Å². The molecule has 1 aromatic heterocycles. The first-order chi connectivity index (χ1) is 5.33. The molecular weight excluding hydrogens is 138 g/mol. The summed E-state index contributed by atoms with van der Waals surface area (Å²) in [6.07, 6.45) is 3.97. The molecule has 1 aromatic rings. The average Bonchev–Trinajstić information content (AvgIpc) is 2.52. The topological polar surface area (TPSA) is 29.8 Å². The Balaban J connectivity index is 2.23. The summed E-state index contributed by atoms with van der Waals surface area (Å²) in [5, 5.41) is 2.23. The number of hydrogen-bond donors (Lipinski definition) is 1. The Bertz CT molecular complexity index is 181. The third kappa shape index (κ3) is 2.76. The van der Waals surface area contributed by atoms with E-state index in [4.69, 9.17) is 4.42 Å². The molecule has 0 aliphatic rings. The lowest BCUT2D eigenvalue weighted by Gasteiger charge is -2.04. The molecule has 0 saturated carbocycles. The highest BCUT2D eigenvalue weighted by Gasteiger charge is 2.02. The molecule has 2 N–H and O–H groups in total. The molecular formula is C9H16NO+. The maximum atomic E-state index is 5.21. The van der Waals surface area contributed by atoms with Gasteiger partial charge in [-0.15, -0.1) is 0 Å². The van der Waals surface area contributed by atoms with Gasteiger partial charge in [-0.05, 0) is 19.1 Å². The molecule has 0 aliphatic carbocycles. The summed E-state index contributed by atoms with van der Waals surface area (Å²) in [6.45, 7) is 2.23. The van der Waals surface area contributed by atoms with Gasteiger partial charge in [0.1, 0.15) is 5.76 Å². The second kappa shape index (κ2) is 4.19. The SMILES string of the molecule is C[NH2+][C@H](C)CCc1ccco1. The third-order valence-corrected chi connectivity index (χ3v) is 2.00. The highest BCUT2D eigenvalue weighted by atomic mass is 16.3. The van der Waals surface area contributed by atoms with Crippen LogP contribution in [0.15, 0.2) is 22.8 Å². The van der Waals surface area contributed by atoms with Gasteiger partial charge < -0.3 is 9.73 Å². The first-order valence-electron chi connectivity index (χ1n) is 4.15. The highest BCUT2D eigenvalue weighted by molar-refractivity contribution is 4.97. The summed E-state index contributed by atoms with van der Waals surface area (Å²) in [7, 11) is 2.10. The zero-order valence-electron chi connectivity index (χ0n) is 7.21. The number of quaternary nitrogens is 1. The maximum absolute atomic E-state index is 5.21. The van der Waals surface area contributed by atoms with Gasteiger partial charge in [-0.1, -0.05) is 0 Å². The Labute approximate surface area is 67.6 Å².